The third kappa shape index (κ3) is 5.41. The van der Waals surface area contributed by atoms with E-state index in [1.807, 2.05) is 12.1 Å². The normalized spacial score (nSPS) is 11.2. The zero-order valence-corrected chi connectivity index (χ0v) is 19.4. The summed E-state index contributed by atoms with van der Waals surface area (Å²) in [6.07, 6.45) is 0.646. The van der Waals surface area contributed by atoms with E-state index in [2.05, 4.69) is 56.4 Å². The predicted octanol–water partition coefficient (Wildman–Crippen LogP) is 5.35. The molecule has 0 aromatic heterocycles. The van der Waals surface area contributed by atoms with Crippen LogP contribution in [0.1, 0.15) is 42.3 Å². The van der Waals surface area contributed by atoms with Crippen molar-refractivity contribution in [2.75, 3.05) is 20.8 Å². The second-order valence-corrected chi connectivity index (χ2v) is 8.75. The Balaban J connectivity index is 1.73. The van der Waals surface area contributed by atoms with Gasteiger partial charge in [-0.25, -0.2) is 0 Å². The van der Waals surface area contributed by atoms with E-state index in [4.69, 9.17) is 9.47 Å². The van der Waals surface area contributed by atoms with Gasteiger partial charge < -0.3 is 19.9 Å². The lowest BCUT2D eigenvalue weighted by atomic mass is 9.86. The largest absolute Gasteiger partial charge is 0.507 e. The first-order chi connectivity index (χ1) is 15.2. The Morgan fingerprint density at radius 1 is 0.938 bits per heavy atom. The van der Waals surface area contributed by atoms with Crippen molar-refractivity contribution < 1.29 is 19.4 Å². The average Bonchev–Trinajstić information content (AvgIpc) is 2.78. The number of carbonyl (C=O) groups excluding carboxylic acids is 1. The highest BCUT2D eigenvalue weighted by molar-refractivity contribution is 5.97. The number of rotatable bonds is 7. The highest BCUT2D eigenvalue weighted by Gasteiger charge is 2.15. The summed E-state index contributed by atoms with van der Waals surface area (Å²) in [5.41, 5.74) is 4.75. The van der Waals surface area contributed by atoms with Crippen molar-refractivity contribution in [2.24, 2.45) is 0 Å². The summed E-state index contributed by atoms with van der Waals surface area (Å²) in [7, 11) is 3.19. The van der Waals surface area contributed by atoms with E-state index in [9.17, 15) is 9.90 Å². The van der Waals surface area contributed by atoms with Gasteiger partial charge >= 0.3 is 0 Å². The maximum atomic E-state index is 12.5. The Hall–Kier alpha value is -3.47. The molecule has 0 aliphatic heterocycles. The van der Waals surface area contributed by atoms with Crippen molar-refractivity contribution >= 4 is 5.91 Å². The first kappa shape index (κ1) is 23.2. The van der Waals surface area contributed by atoms with Gasteiger partial charge in [0.15, 0.2) is 0 Å². The standard InChI is InChI=1S/C27H31NO4/c1-27(2,3)20-9-7-19(8-10-20)22-16-18(6-13-25(22)32-5)14-15-28-26(30)23-17-21(31-4)11-12-24(23)29/h6-13,16-17,29H,14-15H2,1-5H3,(H,28,30). The smallest absolute Gasteiger partial charge is 0.255 e. The van der Waals surface area contributed by atoms with Crippen LogP contribution in [0.5, 0.6) is 17.2 Å². The number of benzene rings is 3. The summed E-state index contributed by atoms with van der Waals surface area (Å²) >= 11 is 0. The van der Waals surface area contributed by atoms with Crippen LogP contribution in [0.25, 0.3) is 11.1 Å². The molecule has 0 fully saturated rings. The zero-order chi connectivity index (χ0) is 23.3. The molecular formula is C27H31NO4. The summed E-state index contributed by atoms with van der Waals surface area (Å²) in [4.78, 5) is 12.5. The second-order valence-electron chi connectivity index (χ2n) is 8.75. The number of phenolic OH excluding ortho intramolecular Hbond substituents is 1. The minimum Gasteiger partial charge on any atom is -0.507 e. The van der Waals surface area contributed by atoms with Crippen molar-refractivity contribution in [3.63, 3.8) is 0 Å². The second kappa shape index (κ2) is 9.77. The number of phenols is 1. The number of nitrogens with one attached hydrogen (secondary N) is 1. The molecule has 32 heavy (non-hydrogen) atoms. The lowest BCUT2D eigenvalue weighted by Gasteiger charge is -2.19. The van der Waals surface area contributed by atoms with E-state index >= 15 is 0 Å². The summed E-state index contributed by atoms with van der Waals surface area (Å²) in [6.45, 7) is 7.03. The molecule has 2 N–H and O–H groups in total. The van der Waals surface area contributed by atoms with Crippen LogP contribution in [-0.4, -0.2) is 31.8 Å². The van der Waals surface area contributed by atoms with E-state index < -0.39 is 0 Å². The van der Waals surface area contributed by atoms with Crippen molar-refractivity contribution in [1.29, 1.82) is 0 Å². The van der Waals surface area contributed by atoms with Crippen LogP contribution < -0.4 is 14.8 Å². The first-order valence-electron chi connectivity index (χ1n) is 10.7. The summed E-state index contributed by atoms with van der Waals surface area (Å²) in [6, 6.07) is 19.2. The Kier molecular flexibility index (Phi) is 7.08. The van der Waals surface area contributed by atoms with Gasteiger partial charge in [-0.15, -0.1) is 0 Å². The van der Waals surface area contributed by atoms with Gasteiger partial charge in [0.25, 0.3) is 5.91 Å². The maximum Gasteiger partial charge on any atom is 0.255 e. The molecule has 0 atom stereocenters. The van der Waals surface area contributed by atoms with Crippen LogP contribution in [0, 0.1) is 0 Å². The lowest BCUT2D eigenvalue weighted by Crippen LogP contribution is -2.25. The van der Waals surface area contributed by atoms with Crippen LogP contribution in [0.4, 0.5) is 0 Å². The highest BCUT2D eigenvalue weighted by atomic mass is 16.5. The molecular weight excluding hydrogens is 402 g/mol. The topological polar surface area (TPSA) is 67.8 Å². The van der Waals surface area contributed by atoms with E-state index in [1.165, 1.54) is 24.8 Å². The van der Waals surface area contributed by atoms with Crippen LogP contribution in [-0.2, 0) is 11.8 Å². The molecule has 0 aliphatic carbocycles. The fraction of sp³-hybridized carbons (Fsp3) is 0.296. The molecule has 0 unspecified atom stereocenters. The minimum atomic E-state index is -0.340. The molecule has 3 aromatic carbocycles. The minimum absolute atomic E-state index is 0.0752. The van der Waals surface area contributed by atoms with Gasteiger partial charge in [-0.05, 0) is 58.9 Å². The number of hydrogen-bond donors (Lipinski definition) is 2. The Morgan fingerprint density at radius 3 is 2.28 bits per heavy atom. The molecule has 5 nitrogen and oxygen atoms in total. The number of hydrogen-bond acceptors (Lipinski definition) is 4. The van der Waals surface area contributed by atoms with Crippen LogP contribution in [0.3, 0.4) is 0 Å². The summed E-state index contributed by atoms with van der Waals surface area (Å²) in [5.74, 6) is 0.912. The van der Waals surface area contributed by atoms with Crippen molar-refractivity contribution in [1.82, 2.24) is 5.32 Å². The van der Waals surface area contributed by atoms with Crippen molar-refractivity contribution in [3.05, 3.63) is 77.4 Å². The first-order valence-corrected chi connectivity index (χ1v) is 10.7. The van der Waals surface area contributed by atoms with Crippen LogP contribution in [0.2, 0.25) is 0 Å². The SMILES string of the molecule is COc1ccc(O)c(C(=O)NCCc2ccc(OC)c(-c3ccc(C(C)(C)C)cc3)c2)c1. The van der Waals surface area contributed by atoms with Gasteiger partial charge in [-0.2, -0.15) is 0 Å². The lowest BCUT2D eigenvalue weighted by molar-refractivity contribution is 0.0951. The number of aromatic hydroxyl groups is 1. The fourth-order valence-corrected chi connectivity index (χ4v) is 3.53. The zero-order valence-electron chi connectivity index (χ0n) is 19.4. The number of amides is 1. The number of methoxy groups -OCH3 is 2. The molecule has 3 aromatic rings. The predicted molar refractivity (Wildman–Crippen MR) is 128 cm³/mol. The summed E-state index contributed by atoms with van der Waals surface area (Å²) in [5, 5.41) is 12.8. The van der Waals surface area contributed by atoms with Gasteiger partial charge in [0.1, 0.15) is 17.2 Å². The number of ether oxygens (including phenoxy) is 2. The van der Waals surface area contributed by atoms with Gasteiger partial charge in [0.2, 0.25) is 0 Å². The Morgan fingerprint density at radius 2 is 1.66 bits per heavy atom. The number of carbonyl (C=O) groups is 1. The van der Waals surface area contributed by atoms with E-state index in [0.717, 1.165) is 22.4 Å². The molecule has 0 saturated carbocycles. The van der Waals surface area contributed by atoms with Crippen molar-refractivity contribution in [3.8, 4) is 28.4 Å². The maximum absolute atomic E-state index is 12.5. The molecule has 0 saturated heterocycles. The van der Waals surface area contributed by atoms with Crippen LogP contribution >= 0.6 is 0 Å². The molecule has 0 bridgehead atoms. The van der Waals surface area contributed by atoms with Gasteiger partial charge in [0, 0.05) is 12.1 Å². The molecule has 0 spiro atoms. The Bertz CT molecular complexity index is 1080. The monoisotopic (exact) mass is 433 g/mol. The highest BCUT2D eigenvalue weighted by Crippen LogP contribution is 2.33. The van der Waals surface area contributed by atoms with Gasteiger partial charge in [-0.1, -0.05) is 51.1 Å². The fourth-order valence-electron chi connectivity index (χ4n) is 3.53. The van der Waals surface area contributed by atoms with Gasteiger partial charge in [-0.3, -0.25) is 4.79 Å². The molecule has 5 heteroatoms. The molecule has 0 radical (unpaired) electrons. The quantitative estimate of drug-likeness (QED) is 0.527. The summed E-state index contributed by atoms with van der Waals surface area (Å²) < 4.78 is 10.7. The van der Waals surface area contributed by atoms with E-state index in [1.54, 1.807) is 13.2 Å². The van der Waals surface area contributed by atoms with E-state index in [0.29, 0.717) is 18.7 Å². The third-order valence-corrected chi connectivity index (χ3v) is 5.47. The van der Waals surface area contributed by atoms with E-state index in [-0.39, 0.29) is 22.6 Å². The molecule has 0 aliphatic rings. The molecule has 3 rings (SSSR count). The molecule has 168 valence electrons. The van der Waals surface area contributed by atoms with Gasteiger partial charge in [0.05, 0.1) is 19.8 Å². The molecule has 1 amide bonds. The van der Waals surface area contributed by atoms with Crippen LogP contribution in [0.15, 0.2) is 60.7 Å². The Labute approximate surface area is 190 Å². The van der Waals surface area contributed by atoms with Crippen molar-refractivity contribution in [2.45, 2.75) is 32.6 Å². The average molecular weight is 434 g/mol. The molecule has 0 heterocycles. The third-order valence-electron chi connectivity index (χ3n) is 5.47.